The van der Waals surface area contributed by atoms with Crippen molar-refractivity contribution >= 4 is 23.4 Å². The molecular weight excluding hydrogens is 264 g/mol. The van der Waals surface area contributed by atoms with Gasteiger partial charge in [-0.3, -0.25) is 0 Å². The summed E-state index contributed by atoms with van der Waals surface area (Å²) in [5, 5.41) is 5.21. The molecule has 4 heteroatoms. The highest BCUT2D eigenvalue weighted by Gasteiger charge is 2.04. The predicted octanol–water partition coefficient (Wildman–Crippen LogP) is 4.24. The van der Waals surface area contributed by atoms with Gasteiger partial charge in [-0.05, 0) is 37.8 Å². The molecule has 0 saturated heterocycles. The summed E-state index contributed by atoms with van der Waals surface area (Å²) in [4.78, 5) is 4.26. The third-order valence-corrected chi connectivity index (χ3v) is 4.16. The van der Waals surface area contributed by atoms with E-state index in [9.17, 15) is 0 Å². The maximum absolute atomic E-state index is 6.05. The molecule has 0 saturated carbocycles. The van der Waals surface area contributed by atoms with Crippen LogP contribution in [0.2, 0.25) is 5.02 Å². The molecule has 0 bridgehead atoms. The van der Waals surface area contributed by atoms with Crippen molar-refractivity contribution in [2.75, 3.05) is 12.3 Å². The van der Waals surface area contributed by atoms with Gasteiger partial charge in [0, 0.05) is 24.5 Å². The molecule has 0 spiro atoms. The number of pyridine rings is 1. The molecule has 1 heterocycles. The number of nitrogens with zero attached hydrogens (tertiary/aromatic N) is 1. The van der Waals surface area contributed by atoms with Gasteiger partial charge in [0.05, 0.1) is 5.02 Å². The number of aromatic nitrogens is 1. The van der Waals surface area contributed by atoms with Crippen molar-refractivity contribution in [3.05, 3.63) is 23.4 Å². The number of hydrogen-bond acceptors (Lipinski definition) is 3. The molecular formula is C14H23ClN2S. The standard InChI is InChI=1S/C14H23ClN2S/c1-11(2)6-7-12(3)16-9-10-18-14-13(15)5-4-8-17-14/h4-5,8,11-12,16H,6-7,9-10H2,1-3H3. The van der Waals surface area contributed by atoms with Gasteiger partial charge < -0.3 is 5.32 Å². The monoisotopic (exact) mass is 286 g/mol. The fourth-order valence-electron chi connectivity index (χ4n) is 1.62. The van der Waals surface area contributed by atoms with Gasteiger partial charge in [0.15, 0.2) is 0 Å². The summed E-state index contributed by atoms with van der Waals surface area (Å²) in [6.45, 7) is 7.79. The van der Waals surface area contributed by atoms with Gasteiger partial charge in [0.2, 0.25) is 0 Å². The van der Waals surface area contributed by atoms with Gasteiger partial charge in [-0.15, -0.1) is 11.8 Å². The normalized spacial score (nSPS) is 12.9. The van der Waals surface area contributed by atoms with Crippen LogP contribution in [0.15, 0.2) is 23.4 Å². The van der Waals surface area contributed by atoms with E-state index in [2.05, 4.69) is 31.1 Å². The second-order valence-corrected chi connectivity index (χ2v) is 6.46. The minimum Gasteiger partial charge on any atom is -0.313 e. The summed E-state index contributed by atoms with van der Waals surface area (Å²) >= 11 is 7.75. The summed E-state index contributed by atoms with van der Waals surface area (Å²) in [5.74, 6) is 1.79. The molecule has 0 aliphatic carbocycles. The second-order valence-electron chi connectivity index (χ2n) is 4.97. The molecule has 0 radical (unpaired) electrons. The van der Waals surface area contributed by atoms with Gasteiger partial charge >= 0.3 is 0 Å². The molecule has 1 rings (SSSR count). The maximum atomic E-state index is 6.05. The fourth-order valence-corrected chi connectivity index (χ4v) is 2.66. The maximum Gasteiger partial charge on any atom is 0.115 e. The lowest BCUT2D eigenvalue weighted by molar-refractivity contribution is 0.460. The van der Waals surface area contributed by atoms with E-state index in [0.717, 1.165) is 28.3 Å². The van der Waals surface area contributed by atoms with Crippen LogP contribution in [-0.4, -0.2) is 23.3 Å². The van der Waals surface area contributed by atoms with Crippen LogP contribution in [-0.2, 0) is 0 Å². The molecule has 2 nitrogen and oxygen atoms in total. The second kappa shape index (κ2) is 8.78. The van der Waals surface area contributed by atoms with E-state index < -0.39 is 0 Å². The highest BCUT2D eigenvalue weighted by atomic mass is 35.5. The molecule has 102 valence electrons. The average Bonchev–Trinajstić information content (AvgIpc) is 2.34. The summed E-state index contributed by atoms with van der Waals surface area (Å²) in [5.41, 5.74) is 0. The van der Waals surface area contributed by atoms with Crippen molar-refractivity contribution in [3.8, 4) is 0 Å². The van der Waals surface area contributed by atoms with E-state index in [1.54, 1.807) is 18.0 Å². The summed E-state index contributed by atoms with van der Waals surface area (Å²) < 4.78 is 0. The highest BCUT2D eigenvalue weighted by Crippen LogP contribution is 2.23. The lowest BCUT2D eigenvalue weighted by atomic mass is 10.0. The molecule has 0 fully saturated rings. The Kier molecular flexibility index (Phi) is 7.71. The Bertz CT molecular complexity index is 344. The fraction of sp³-hybridized carbons (Fsp3) is 0.643. The van der Waals surface area contributed by atoms with Crippen molar-refractivity contribution < 1.29 is 0 Å². The van der Waals surface area contributed by atoms with Crippen molar-refractivity contribution in [2.45, 2.75) is 44.7 Å². The van der Waals surface area contributed by atoms with Gasteiger partial charge in [-0.25, -0.2) is 4.98 Å². The number of nitrogens with one attached hydrogen (secondary N) is 1. The van der Waals surface area contributed by atoms with E-state index in [1.807, 2.05) is 12.1 Å². The van der Waals surface area contributed by atoms with Gasteiger partial charge in [0.1, 0.15) is 5.03 Å². The predicted molar refractivity (Wildman–Crippen MR) is 81.5 cm³/mol. The third kappa shape index (κ3) is 6.62. The molecule has 1 atom stereocenters. The summed E-state index contributed by atoms with van der Waals surface area (Å²) in [7, 11) is 0. The van der Waals surface area contributed by atoms with Crippen LogP contribution < -0.4 is 5.32 Å². The van der Waals surface area contributed by atoms with E-state index in [-0.39, 0.29) is 0 Å². The van der Waals surface area contributed by atoms with Crippen molar-refractivity contribution in [3.63, 3.8) is 0 Å². The molecule has 1 aromatic heterocycles. The van der Waals surface area contributed by atoms with Crippen molar-refractivity contribution in [1.29, 1.82) is 0 Å². The minimum absolute atomic E-state index is 0.590. The average molecular weight is 287 g/mol. The Hall–Kier alpha value is -0.250. The van der Waals surface area contributed by atoms with E-state index in [1.165, 1.54) is 12.8 Å². The number of hydrogen-bond donors (Lipinski definition) is 1. The summed E-state index contributed by atoms with van der Waals surface area (Å²) in [6, 6.07) is 4.33. The van der Waals surface area contributed by atoms with Crippen molar-refractivity contribution in [1.82, 2.24) is 10.3 Å². The van der Waals surface area contributed by atoms with Crippen LogP contribution in [0.25, 0.3) is 0 Å². The van der Waals surface area contributed by atoms with Gasteiger partial charge in [-0.1, -0.05) is 25.4 Å². The van der Waals surface area contributed by atoms with Crippen LogP contribution in [0.4, 0.5) is 0 Å². The Balaban J connectivity index is 2.13. The zero-order valence-corrected chi connectivity index (χ0v) is 13.0. The molecule has 0 aromatic carbocycles. The lowest BCUT2D eigenvalue weighted by Crippen LogP contribution is -2.28. The van der Waals surface area contributed by atoms with E-state index >= 15 is 0 Å². The molecule has 0 aliphatic heterocycles. The van der Waals surface area contributed by atoms with E-state index in [0.29, 0.717) is 6.04 Å². The lowest BCUT2D eigenvalue weighted by Gasteiger charge is -2.14. The molecule has 1 aromatic rings. The number of rotatable bonds is 8. The van der Waals surface area contributed by atoms with Crippen LogP contribution in [0, 0.1) is 5.92 Å². The third-order valence-electron chi connectivity index (χ3n) is 2.74. The molecule has 1 unspecified atom stereocenters. The van der Waals surface area contributed by atoms with Gasteiger partial charge in [0.25, 0.3) is 0 Å². The summed E-state index contributed by atoms with van der Waals surface area (Å²) in [6.07, 6.45) is 4.31. The van der Waals surface area contributed by atoms with Gasteiger partial charge in [-0.2, -0.15) is 0 Å². The smallest absolute Gasteiger partial charge is 0.115 e. The Morgan fingerprint density at radius 1 is 1.33 bits per heavy atom. The Labute approximate surface area is 120 Å². The van der Waals surface area contributed by atoms with Crippen LogP contribution in [0.1, 0.15) is 33.6 Å². The Morgan fingerprint density at radius 3 is 2.78 bits per heavy atom. The van der Waals surface area contributed by atoms with Crippen LogP contribution in [0.5, 0.6) is 0 Å². The SMILES string of the molecule is CC(C)CCC(C)NCCSc1ncccc1Cl. The molecule has 1 N–H and O–H groups in total. The first-order valence-corrected chi connectivity index (χ1v) is 7.92. The largest absolute Gasteiger partial charge is 0.313 e. The highest BCUT2D eigenvalue weighted by molar-refractivity contribution is 7.99. The zero-order chi connectivity index (χ0) is 13.4. The minimum atomic E-state index is 0.590. The first kappa shape index (κ1) is 15.8. The Morgan fingerprint density at radius 2 is 2.11 bits per heavy atom. The first-order valence-electron chi connectivity index (χ1n) is 6.56. The number of thioether (sulfide) groups is 1. The molecule has 0 aliphatic rings. The molecule has 18 heavy (non-hydrogen) atoms. The topological polar surface area (TPSA) is 24.9 Å². The van der Waals surface area contributed by atoms with Crippen LogP contribution >= 0.6 is 23.4 Å². The quantitative estimate of drug-likeness (QED) is 0.571. The van der Waals surface area contributed by atoms with Crippen LogP contribution in [0.3, 0.4) is 0 Å². The van der Waals surface area contributed by atoms with Crippen molar-refractivity contribution in [2.24, 2.45) is 5.92 Å². The van der Waals surface area contributed by atoms with E-state index in [4.69, 9.17) is 11.6 Å². The number of halogens is 1. The molecule has 0 amide bonds. The first-order chi connectivity index (χ1) is 8.59. The zero-order valence-electron chi connectivity index (χ0n) is 11.4.